The molecule has 0 bridgehead atoms. The summed E-state index contributed by atoms with van der Waals surface area (Å²) < 4.78 is 1.82. The zero-order valence-corrected chi connectivity index (χ0v) is 14.2. The SMILES string of the molecule is CC(C)(C)n1ncc2c(=O)[nH]c(N3CCc4ccccc4C3)nc21. The maximum atomic E-state index is 12.5. The number of fused-ring (bicyclic) bond motifs is 2. The van der Waals surface area contributed by atoms with Gasteiger partial charge in [0.15, 0.2) is 5.65 Å². The van der Waals surface area contributed by atoms with Crippen molar-refractivity contribution in [2.24, 2.45) is 0 Å². The van der Waals surface area contributed by atoms with Crippen LogP contribution in [0.4, 0.5) is 5.95 Å². The van der Waals surface area contributed by atoms with Crippen molar-refractivity contribution in [1.82, 2.24) is 19.7 Å². The number of nitrogens with zero attached hydrogens (tertiary/aromatic N) is 4. The summed E-state index contributed by atoms with van der Waals surface area (Å²) in [6.07, 6.45) is 2.55. The Morgan fingerprint density at radius 1 is 1.17 bits per heavy atom. The Balaban J connectivity index is 1.79. The van der Waals surface area contributed by atoms with E-state index in [9.17, 15) is 4.79 Å². The summed E-state index contributed by atoms with van der Waals surface area (Å²) in [6.45, 7) is 7.76. The first-order valence-electron chi connectivity index (χ1n) is 8.24. The molecule has 3 heterocycles. The molecule has 0 aliphatic carbocycles. The Labute approximate surface area is 140 Å². The summed E-state index contributed by atoms with van der Waals surface area (Å²) in [4.78, 5) is 22.2. The minimum absolute atomic E-state index is 0.135. The number of nitrogens with one attached hydrogen (secondary N) is 1. The molecule has 124 valence electrons. The highest BCUT2D eigenvalue weighted by Crippen LogP contribution is 2.23. The van der Waals surface area contributed by atoms with Gasteiger partial charge in [0.1, 0.15) is 5.39 Å². The van der Waals surface area contributed by atoms with Crippen LogP contribution >= 0.6 is 0 Å². The van der Waals surface area contributed by atoms with Crippen molar-refractivity contribution in [2.75, 3.05) is 11.4 Å². The van der Waals surface area contributed by atoms with Crippen molar-refractivity contribution >= 4 is 17.0 Å². The molecular weight excluding hydrogens is 302 g/mol. The van der Waals surface area contributed by atoms with Crippen LogP contribution in [-0.2, 0) is 18.5 Å². The topological polar surface area (TPSA) is 66.8 Å². The van der Waals surface area contributed by atoms with Crippen molar-refractivity contribution in [3.05, 3.63) is 51.9 Å². The van der Waals surface area contributed by atoms with E-state index in [1.165, 1.54) is 11.1 Å². The highest BCUT2D eigenvalue weighted by Gasteiger charge is 2.23. The Bertz CT molecular complexity index is 963. The molecule has 2 aromatic heterocycles. The molecule has 4 rings (SSSR count). The van der Waals surface area contributed by atoms with Gasteiger partial charge < -0.3 is 4.90 Å². The van der Waals surface area contributed by atoms with E-state index in [2.05, 4.69) is 60.0 Å². The van der Waals surface area contributed by atoms with Gasteiger partial charge in [-0.05, 0) is 38.3 Å². The van der Waals surface area contributed by atoms with Crippen LogP contribution < -0.4 is 10.5 Å². The summed E-state index contributed by atoms with van der Waals surface area (Å²) in [5.41, 5.74) is 2.94. The van der Waals surface area contributed by atoms with Crippen molar-refractivity contribution in [3.63, 3.8) is 0 Å². The average molecular weight is 323 g/mol. The fraction of sp³-hybridized carbons (Fsp3) is 0.389. The van der Waals surface area contributed by atoms with E-state index in [0.29, 0.717) is 17.0 Å². The standard InChI is InChI=1S/C18H21N5O/c1-18(2,3)23-15-14(10-19-23)16(24)21-17(20-15)22-9-8-12-6-4-5-7-13(12)11-22/h4-7,10H,8-9,11H2,1-3H3,(H,20,21,24). The first-order valence-corrected chi connectivity index (χ1v) is 8.24. The van der Waals surface area contributed by atoms with Gasteiger partial charge in [-0.3, -0.25) is 9.78 Å². The molecular formula is C18H21N5O. The first-order chi connectivity index (χ1) is 11.4. The number of aromatic nitrogens is 4. The molecule has 24 heavy (non-hydrogen) atoms. The van der Waals surface area contributed by atoms with Crippen LogP contribution in [-0.4, -0.2) is 26.3 Å². The lowest BCUT2D eigenvalue weighted by Crippen LogP contribution is -2.33. The Kier molecular flexibility index (Phi) is 3.23. The maximum Gasteiger partial charge on any atom is 0.263 e. The molecule has 0 unspecified atom stereocenters. The number of H-pyrrole nitrogens is 1. The quantitative estimate of drug-likeness (QED) is 0.747. The van der Waals surface area contributed by atoms with Gasteiger partial charge in [0.25, 0.3) is 5.56 Å². The van der Waals surface area contributed by atoms with Gasteiger partial charge in [0.05, 0.1) is 11.7 Å². The van der Waals surface area contributed by atoms with Crippen molar-refractivity contribution in [1.29, 1.82) is 0 Å². The number of aromatic amines is 1. The fourth-order valence-electron chi connectivity index (χ4n) is 3.22. The third-order valence-corrected chi connectivity index (χ3v) is 4.49. The van der Waals surface area contributed by atoms with Crippen LogP contribution in [0, 0.1) is 0 Å². The van der Waals surface area contributed by atoms with Crippen LogP contribution in [0.5, 0.6) is 0 Å². The molecule has 0 saturated carbocycles. The summed E-state index contributed by atoms with van der Waals surface area (Å²) >= 11 is 0. The van der Waals surface area contributed by atoms with E-state index in [0.717, 1.165) is 19.5 Å². The highest BCUT2D eigenvalue weighted by atomic mass is 16.1. The molecule has 0 spiro atoms. The predicted molar refractivity (Wildman–Crippen MR) is 94.3 cm³/mol. The molecule has 1 N–H and O–H groups in total. The minimum Gasteiger partial charge on any atom is -0.338 e. The molecule has 6 nitrogen and oxygen atoms in total. The largest absolute Gasteiger partial charge is 0.338 e. The van der Waals surface area contributed by atoms with Crippen LogP contribution in [0.15, 0.2) is 35.3 Å². The molecule has 0 atom stereocenters. The van der Waals surface area contributed by atoms with E-state index in [4.69, 9.17) is 4.98 Å². The predicted octanol–water partition coefficient (Wildman–Crippen LogP) is 2.44. The van der Waals surface area contributed by atoms with Crippen LogP contribution in [0.3, 0.4) is 0 Å². The Morgan fingerprint density at radius 3 is 2.67 bits per heavy atom. The average Bonchev–Trinajstić information content (AvgIpc) is 2.99. The molecule has 0 amide bonds. The van der Waals surface area contributed by atoms with Crippen LogP contribution in [0.1, 0.15) is 31.9 Å². The van der Waals surface area contributed by atoms with Gasteiger partial charge in [-0.15, -0.1) is 0 Å². The number of hydrogen-bond donors (Lipinski definition) is 1. The number of rotatable bonds is 1. The Hall–Kier alpha value is -2.63. The second kappa shape index (κ2) is 5.19. The second-order valence-corrected chi connectivity index (χ2v) is 7.29. The summed E-state index contributed by atoms with van der Waals surface area (Å²) in [7, 11) is 0. The molecule has 1 aliphatic rings. The third kappa shape index (κ3) is 2.38. The van der Waals surface area contributed by atoms with E-state index in [1.54, 1.807) is 6.20 Å². The summed E-state index contributed by atoms with van der Waals surface area (Å²) in [5.74, 6) is 0.619. The number of benzene rings is 1. The smallest absolute Gasteiger partial charge is 0.263 e. The Morgan fingerprint density at radius 2 is 1.92 bits per heavy atom. The van der Waals surface area contributed by atoms with Crippen LogP contribution in [0.2, 0.25) is 0 Å². The van der Waals surface area contributed by atoms with Gasteiger partial charge in [-0.1, -0.05) is 24.3 Å². The van der Waals surface area contributed by atoms with Gasteiger partial charge in [0, 0.05) is 13.1 Å². The van der Waals surface area contributed by atoms with E-state index in [-0.39, 0.29) is 11.1 Å². The summed E-state index contributed by atoms with van der Waals surface area (Å²) in [5, 5.41) is 4.90. The van der Waals surface area contributed by atoms with Crippen LogP contribution in [0.25, 0.3) is 11.0 Å². The van der Waals surface area contributed by atoms with Gasteiger partial charge in [-0.2, -0.15) is 10.1 Å². The maximum absolute atomic E-state index is 12.5. The minimum atomic E-state index is -0.228. The summed E-state index contributed by atoms with van der Waals surface area (Å²) in [6, 6.07) is 8.43. The molecule has 0 fully saturated rings. The van der Waals surface area contributed by atoms with Crippen molar-refractivity contribution < 1.29 is 0 Å². The van der Waals surface area contributed by atoms with Gasteiger partial charge >= 0.3 is 0 Å². The first kappa shape index (κ1) is 14.9. The fourth-order valence-corrected chi connectivity index (χ4v) is 3.22. The lowest BCUT2D eigenvalue weighted by atomic mass is 10.0. The molecule has 1 aliphatic heterocycles. The van der Waals surface area contributed by atoms with Crippen molar-refractivity contribution in [3.8, 4) is 0 Å². The second-order valence-electron chi connectivity index (χ2n) is 7.29. The van der Waals surface area contributed by atoms with Gasteiger partial charge in [0.2, 0.25) is 5.95 Å². The highest BCUT2D eigenvalue weighted by molar-refractivity contribution is 5.74. The lowest BCUT2D eigenvalue weighted by molar-refractivity contribution is 0.366. The molecule has 6 heteroatoms. The molecule has 3 aromatic rings. The molecule has 1 aromatic carbocycles. The third-order valence-electron chi connectivity index (χ3n) is 4.49. The van der Waals surface area contributed by atoms with E-state index in [1.807, 2.05) is 4.68 Å². The van der Waals surface area contributed by atoms with E-state index >= 15 is 0 Å². The zero-order chi connectivity index (χ0) is 16.9. The van der Waals surface area contributed by atoms with Gasteiger partial charge in [-0.25, -0.2) is 4.68 Å². The number of hydrogen-bond acceptors (Lipinski definition) is 4. The number of anilines is 1. The lowest BCUT2D eigenvalue weighted by Gasteiger charge is -2.29. The zero-order valence-electron chi connectivity index (χ0n) is 14.2. The normalized spacial score (nSPS) is 14.9. The monoisotopic (exact) mass is 323 g/mol. The molecule has 0 radical (unpaired) electrons. The van der Waals surface area contributed by atoms with Crippen molar-refractivity contribution in [2.45, 2.75) is 39.3 Å². The molecule has 0 saturated heterocycles. The van der Waals surface area contributed by atoms with E-state index < -0.39 is 0 Å².